The molecule has 30 heavy (non-hydrogen) atoms. The van der Waals surface area contributed by atoms with Crippen molar-refractivity contribution in [1.82, 2.24) is 10.6 Å². The maximum Gasteiger partial charge on any atom is 0.407 e. The fourth-order valence-corrected chi connectivity index (χ4v) is 4.02. The molecule has 2 amide bonds. The van der Waals surface area contributed by atoms with E-state index in [1.807, 2.05) is 54.6 Å². The Morgan fingerprint density at radius 3 is 2.03 bits per heavy atom. The Hall–Kier alpha value is -3.60. The van der Waals surface area contributed by atoms with Crippen molar-refractivity contribution in [2.24, 2.45) is 0 Å². The van der Waals surface area contributed by atoms with Crippen molar-refractivity contribution in [3.8, 4) is 11.1 Å². The molecule has 0 saturated heterocycles. The predicted molar refractivity (Wildman–Crippen MR) is 116 cm³/mol. The van der Waals surface area contributed by atoms with E-state index < -0.39 is 12.1 Å². The van der Waals surface area contributed by atoms with Crippen molar-refractivity contribution in [2.45, 2.75) is 18.4 Å². The molecule has 0 aromatic heterocycles. The lowest BCUT2D eigenvalue weighted by Crippen LogP contribution is -2.47. The van der Waals surface area contributed by atoms with Gasteiger partial charge in [0.15, 0.2) is 0 Å². The van der Waals surface area contributed by atoms with Gasteiger partial charge in [-0.25, -0.2) is 4.79 Å². The van der Waals surface area contributed by atoms with Gasteiger partial charge in [-0.3, -0.25) is 4.79 Å². The van der Waals surface area contributed by atoms with Crippen molar-refractivity contribution in [3.05, 3.63) is 95.6 Å². The number of carbonyl (C=O) groups is 2. The fourth-order valence-electron chi connectivity index (χ4n) is 4.02. The molecule has 0 spiro atoms. The number of rotatable bonds is 6. The zero-order chi connectivity index (χ0) is 20.9. The van der Waals surface area contributed by atoms with Gasteiger partial charge in [-0.1, -0.05) is 78.9 Å². The molecule has 0 radical (unpaired) electrons. The molecule has 5 nitrogen and oxygen atoms in total. The van der Waals surface area contributed by atoms with Crippen LogP contribution in [0.3, 0.4) is 0 Å². The second-order valence-electron chi connectivity index (χ2n) is 7.33. The highest BCUT2D eigenvalue weighted by molar-refractivity contribution is 5.85. The van der Waals surface area contributed by atoms with E-state index in [4.69, 9.17) is 4.74 Å². The molecule has 5 heteroatoms. The summed E-state index contributed by atoms with van der Waals surface area (Å²) in [5.74, 6) is -0.275. The molecule has 0 fully saturated rings. The molecule has 3 aromatic rings. The molecule has 1 atom stereocenters. The van der Waals surface area contributed by atoms with Crippen LogP contribution < -0.4 is 10.6 Å². The van der Waals surface area contributed by atoms with Crippen LogP contribution in [0, 0.1) is 0 Å². The SMILES string of the molecule is CNC(=O)[C@H](Cc1ccccc1)NC(=O)OCC1c2ccccc2-c2ccccc21. The third kappa shape index (κ3) is 4.06. The molecule has 0 saturated carbocycles. The smallest absolute Gasteiger partial charge is 0.407 e. The van der Waals surface area contributed by atoms with Gasteiger partial charge < -0.3 is 15.4 Å². The van der Waals surface area contributed by atoms with Crippen molar-refractivity contribution < 1.29 is 14.3 Å². The zero-order valence-corrected chi connectivity index (χ0v) is 16.8. The number of ether oxygens (including phenoxy) is 1. The first-order chi connectivity index (χ1) is 14.7. The summed E-state index contributed by atoms with van der Waals surface area (Å²) in [4.78, 5) is 24.8. The normalized spacial score (nSPS) is 13.1. The van der Waals surface area contributed by atoms with E-state index >= 15 is 0 Å². The molecular weight excluding hydrogens is 376 g/mol. The topological polar surface area (TPSA) is 67.4 Å². The number of alkyl carbamates (subject to hydrolysis) is 1. The lowest BCUT2D eigenvalue weighted by Gasteiger charge is -2.19. The highest BCUT2D eigenvalue weighted by atomic mass is 16.5. The Morgan fingerprint density at radius 1 is 0.867 bits per heavy atom. The first kappa shape index (κ1) is 19.7. The Bertz CT molecular complexity index is 1000. The Labute approximate surface area is 176 Å². The standard InChI is InChI=1S/C25H24N2O3/c1-26-24(28)23(15-17-9-3-2-4-10-17)27-25(29)30-16-22-20-13-7-5-11-18(20)19-12-6-8-14-21(19)22/h2-14,22-23H,15-16H2,1H3,(H,26,28)(H,27,29)/t23-/m0/s1. The van der Waals surface area contributed by atoms with Crippen LogP contribution >= 0.6 is 0 Å². The maximum atomic E-state index is 12.5. The molecule has 152 valence electrons. The molecule has 1 aliphatic carbocycles. The lowest BCUT2D eigenvalue weighted by molar-refractivity contribution is -0.122. The Morgan fingerprint density at radius 2 is 1.43 bits per heavy atom. The fraction of sp³-hybridized carbons (Fsp3) is 0.200. The molecule has 0 aliphatic heterocycles. The lowest BCUT2D eigenvalue weighted by atomic mass is 9.98. The van der Waals surface area contributed by atoms with E-state index in [1.54, 1.807) is 7.05 Å². The highest BCUT2D eigenvalue weighted by Crippen LogP contribution is 2.44. The summed E-state index contributed by atoms with van der Waals surface area (Å²) in [5.41, 5.74) is 5.62. The van der Waals surface area contributed by atoms with Crippen LogP contribution in [0.25, 0.3) is 11.1 Å². The minimum Gasteiger partial charge on any atom is -0.449 e. The summed E-state index contributed by atoms with van der Waals surface area (Å²) >= 11 is 0. The highest BCUT2D eigenvalue weighted by Gasteiger charge is 2.29. The van der Waals surface area contributed by atoms with Crippen molar-refractivity contribution in [1.29, 1.82) is 0 Å². The van der Waals surface area contributed by atoms with E-state index in [9.17, 15) is 9.59 Å². The Kier molecular flexibility index (Phi) is 5.80. The largest absolute Gasteiger partial charge is 0.449 e. The minimum absolute atomic E-state index is 0.0178. The summed E-state index contributed by atoms with van der Waals surface area (Å²) < 4.78 is 5.57. The molecule has 2 N–H and O–H groups in total. The van der Waals surface area contributed by atoms with Gasteiger partial charge in [0.25, 0.3) is 0 Å². The van der Waals surface area contributed by atoms with Crippen LogP contribution in [0.1, 0.15) is 22.6 Å². The van der Waals surface area contributed by atoms with Crippen LogP contribution in [0.2, 0.25) is 0 Å². The number of hydrogen-bond donors (Lipinski definition) is 2. The van der Waals surface area contributed by atoms with Gasteiger partial charge in [0.05, 0.1) is 0 Å². The van der Waals surface area contributed by atoms with E-state index in [2.05, 4.69) is 34.9 Å². The first-order valence-electron chi connectivity index (χ1n) is 10.0. The van der Waals surface area contributed by atoms with E-state index in [0.717, 1.165) is 16.7 Å². The first-order valence-corrected chi connectivity index (χ1v) is 10.0. The van der Waals surface area contributed by atoms with Crippen LogP contribution in [-0.2, 0) is 16.0 Å². The molecule has 0 heterocycles. The van der Waals surface area contributed by atoms with Gasteiger partial charge in [0.1, 0.15) is 12.6 Å². The average Bonchev–Trinajstić information content (AvgIpc) is 3.11. The quantitative estimate of drug-likeness (QED) is 0.660. The van der Waals surface area contributed by atoms with E-state index in [0.29, 0.717) is 6.42 Å². The summed E-state index contributed by atoms with van der Waals surface area (Å²) in [7, 11) is 1.56. The molecule has 4 rings (SSSR count). The van der Waals surface area contributed by atoms with Crippen molar-refractivity contribution in [3.63, 3.8) is 0 Å². The third-order valence-corrected chi connectivity index (χ3v) is 5.48. The maximum absolute atomic E-state index is 12.5. The number of hydrogen-bond acceptors (Lipinski definition) is 3. The monoisotopic (exact) mass is 400 g/mol. The summed E-state index contributed by atoms with van der Waals surface area (Å²) in [5, 5.41) is 5.32. The minimum atomic E-state index is -0.701. The van der Waals surface area contributed by atoms with E-state index in [-0.39, 0.29) is 18.4 Å². The van der Waals surface area contributed by atoms with Crippen LogP contribution in [0.15, 0.2) is 78.9 Å². The van der Waals surface area contributed by atoms with E-state index in [1.165, 1.54) is 11.1 Å². The molecule has 0 bridgehead atoms. The number of nitrogens with one attached hydrogen (secondary N) is 2. The molecule has 1 aliphatic rings. The second kappa shape index (κ2) is 8.82. The summed E-state index contributed by atoms with van der Waals surface area (Å²) in [6.07, 6.45) is -0.202. The zero-order valence-electron chi connectivity index (χ0n) is 16.8. The van der Waals surface area contributed by atoms with Crippen LogP contribution in [0.5, 0.6) is 0 Å². The Balaban J connectivity index is 1.44. The van der Waals surface area contributed by atoms with Crippen molar-refractivity contribution in [2.75, 3.05) is 13.7 Å². The second-order valence-corrected chi connectivity index (χ2v) is 7.33. The number of fused-ring (bicyclic) bond motifs is 3. The predicted octanol–water partition coefficient (Wildman–Crippen LogP) is 3.88. The van der Waals surface area contributed by atoms with Crippen molar-refractivity contribution >= 4 is 12.0 Å². The van der Waals surface area contributed by atoms with Gasteiger partial charge in [-0.15, -0.1) is 0 Å². The molecule has 0 unspecified atom stereocenters. The van der Waals surface area contributed by atoms with Gasteiger partial charge in [-0.2, -0.15) is 0 Å². The average molecular weight is 400 g/mol. The molecule has 3 aromatic carbocycles. The number of likely N-dealkylation sites (N-methyl/N-ethyl adjacent to an activating group) is 1. The van der Waals surface area contributed by atoms with Gasteiger partial charge in [-0.05, 0) is 27.8 Å². The number of benzene rings is 3. The summed E-state index contributed by atoms with van der Waals surface area (Å²) in [6, 6.07) is 25.2. The van der Waals surface area contributed by atoms with Gasteiger partial charge in [0, 0.05) is 19.4 Å². The van der Waals surface area contributed by atoms with Gasteiger partial charge >= 0.3 is 6.09 Å². The van der Waals surface area contributed by atoms with Crippen LogP contribution in [-0.4, -0.2) is 31.7 Å². The van der Waals surface area contributed by atoms with Gasteiger partial charge in [0.2, 0.25) is 5.91 Å². The third-order valence-electron chi connectivity index (χ3n) is 5.48. The number of amides is 2. The number of carbonyl (C=O) groups excluding carboxylic acids is 2. The molecular formula is C25H24N2O3. The summed E-state index contributed by atoms with van der Waals surface area (Å²) in [6.45, 7) is 0.214. The van der Waals surface area contributed by atoms with Crippen LogP contribution in [0.4, 0.5) is 4.79 Å².